The van der Waals surface area contributed by atoms with E-state index in [-0.39, 0.29) is 36.7 Å². The average Bonchev–Trinajstić information content (AvgIpc) is 3.48. The number of piperazine rings is 1. The molecule has 0 aliphatic carbocycles. The molecule has 37 heavy (non-hydrogen) atoms. The summed E-state index contributed by atoms with van der Waals surface area (Å²) >= 11 is 6.12. The molecule has 4 atom stereocenters. The molecule has 2 aromatic rings. The number of aryl methyl sites for hydroxylation is 1. The first kappa shape index (κ1) is 27.5. The Balaban J connectivity index is 1.51. The van der Waals surface area contributed by atoms with E-state index in [1.807, 2.05) is 45.0 Å². The van der Waals surface area contributed by atoms with Crippen LogP contribution in [0.3, 0.4) is 0 Å². The predicted molar refractivity (Wildman–Crippen MR) is 141 cm³/mol. The molecule has 0 saturated carbocycles. The highest BCUT2D eigenvalue weighted by molar-refractivity contribution is 6.30. The van der Waals surface area contributed by atoms with Gasteiger partial charge in [0.1, 0.15) is 12.1 Å². The molecular formula is C26H38ClN7O3. The third-order valence-electron chi connectivity index (χ3n) is 7.19. The van der Waals surface area contributed by atoms with Crippen LogP contribution in [0, 0.1) is 12.8 Å². The second kappa shape index (κ2) is 12.3. The number of carbonyl (C=O) groups excluding carboxylic acids is 2. The number of halogens is 1. The summed E-state index contributed by atoms with van der Waals surface area (Å²) in [7, 11) is 0. The fourth-order valence-electron chi connectivity index (χ4n) is 5.21. The van der Waals surface area contributed by atoms with Crippen LogP contribution in [0.1, 0.15) is 50.0 Å². The quantitative estimate of drug-likeness (QED) is 0.449. The van der Waals surface area contributed by atoms with Gasteiger partial charge in [-0.3, -0.25) is 9.59 Å². The van der Waals surface area contributed by atoms with Gasteiger partial charge < -0.3 is 25.5 Å². The highest BCUT2D eigenvalue weighted by Gasteiger charge is 2.43. The fraction of sp³-hybridized carbons (Fsp3) is 0.615. The van der Waals surface area contributed by atoms with Crippen LogP contribution in [-0.4, -0.2) is 93.1 Å². The molecular weight excluding hydrogens is 494 g/mol. The number of nitrogens with one attached hydrogen (secondary N) is 2. The van der Waals surface area contributed by atoms with Gasteiger partial charge in [0.2, 0.25) is 11.8 Å². The number of likely N-dealkylation sites (tertiary alicyclic amines) is 1. The monoisotopic (exact) mass is 531 g/mol. The molecule has 0 radical (unpaired) electrons. The molecule has 10 nitrogen and oxygen atoms in total. The number of benzene rings is 1. The molecule has 11 heteroatoms. The first-order chi connectivity index (χ1) is 17.7. The number of nitrogens with zero attached hydrogens (tertiary/aromatic N) is 5. The topological polar surface area (TPSA) is 116 Å². The van der Waals surface area contributed by atoms with Gasteiger partial charge in [0.25, 0.3) is 0 Å². The SMILES string of the molecule is Cc1cn([C@H](C(=O)N2C[C@H](O)C[C@H]2C(=O)N[C@@H](CCN2CCNCC2)c2ccc(Cl)cc2)C(C)C)nn1. The molecule has 202 valence electrons. The normalized spacial score (nSPS) is 22.3. The minimum Gasteiger partial charge on any atom is -0.391 e. The summed E-state index contributed by atoms with van der Waals surface area (Å²) < 4.78 is 1.56. The molecule has 2 saturated heterocycles. The van der Waals surface area contributed by atoms with Crippen molar-refractivity contribution in [3.05, 3.63) is 46.7 Å². The van der Waals surface area contributed by atoms with Crippen molar-refractivity contribution in [3.63, 3.8) is 0 Å². The minimum absolute atomic E-state index is 0.0732. The van der Waals surface area contributed by atoms with Gasteiger partial charge in [-0.2, -0.15) is 0 Å². The third kappa shape index (κ3) is 6.87. The zero-order valence-corrected chi connectivity index (χ0v) is 22.6. The maximum atomic E-state index is 13.7. The van der Waals surface area contributed by atoms with Crippen molar-refractivity contribution in [2.24, 2.45) is 5.92 Å². The van der Waals surface area contributed by atoms with E-state index in [2.05, 4.69) is 25.8 Å². The second-order valence-electron chi connectivity index (χ2n) is 10.4. The van der Waals surface area contributed by atoms with Gasteiger partial charge in [0, 0.05) is 56.9 Å². The maximum Gasteiger partial charge on any atom is 0.248 e. The highest BCUT2D eigenvalue weighted by Crippen LogP contribution is 2.28. The molecule has 0 unspecified atom stereocenters. The standard InChI is InChI=1S/C26H38ClN7O3/c1-17(2)24(34-15-18(3)30-31-34)26(37)33-16-21(35)14-23(33)25(36)29-22(19-4-6-20(27)7-5-19)8-11-32-12-9-28-10-13-32/h4-7,15,17,21-24,28,35H,8-14,16H2,1-3H3,(H,29,36)/t21-,22+,23+,24+/m1/s1. The zero-order valence-electron chi connectivity index (χ0n) is 21.8. The minimum atomic E-state index is -0.764. The van der Waals surface area contributed by atoms with Crippen LogP contribution >= 0.6 is 11.6 Å². The Morgan fingerprint density at radius 1 is 1.22 bits per heavy atom. The number of aromatic nitrogens is 3. The fourth-order valence-corrected chi connectivity index (χ4v) is 5.34. The Bertz CT molecular complexity index is 1050. The van der Waals surface area contributed by atoms with Crippen molar-refractivity contribution < 1.29 is 14.7 Å². The number of aliphatic hydroxyl groups excluding tert-OH is 1. The van der Waals surface area contributed by atoms with Crippen LogP contribution in [0.4, 0.5) is 0 Å². The molecule has 3 N–H and O–H groups in total. The summed E-state index contributed by atoms with van der Waals surface area (Å²) in [6.07, 6.45) is 1.89. The van der Waals surface area contributed by atoms with Gasteiger partial charge in [-0.05, 0) is 37.0 Å². The molecule has 2 amide bonds. The van der Waals surface area contributed by atoms with Crippen molar-refractivity contribution in [2.75, 3.05) is 39.3 Å². The predicted octanol–water partition coefficient (Wildman–Crippen LogP) is 1.55. The Morgan fingerprint density at radius 3 is 2.54 bits per heavy atom. The van der Waals surface area contributed by atoms with E-state index in [0.717, 1.165) is 44.7 Å². The summed E-state index contributed by atoms with van der Waals surface area (Å²) in [6, 6.07) is 5.89. The van der Waals surface area contributed by atoms with E-state index < -0.39 is 18.2 Å². The highest BCUT2D eigenvalue weighted by atomic mass is 35.5. The molecule has 1 aromatic carbocycles. The van der Waals surface area contributed by atoms with Gasteiger partial charge in [0.05, 0.1) is 17.8 Å². The summed E-state index contributed by atoms with van der Waals surface area (Å²) in [5.41, 5.74) is 1.67. The molecule has 1 aromatic heterocycles. The van der Waals surface area contributed by atoms with E-state index in [9.17, 15) is 14.7 Å². The van der Waals surface area contributed by atoms with E-state index in [1.165, 1.54) is 4.90 Å². The number of hydrogen-bond donors (Lipinski definition) is 3. The lowest BCUT2D eigenvalue weighted by Crippen LogP contribution is -2.50. The van der Waals surface area contributed by atoms with Crippen molar-refractivity contribution >= 4 is 23.4 Å². The lowest BCUT2D eigenvalue weighted by Gasteiger charge is -2.32. The van der Waals surface area contributed by atoms with Gasteiger partial charge >= 0.3 is 0 Å². The second-order valence-corrected chi connectivity index (χ2v) is 10.9. The van der Waals surface area contributed by atoms with Gasteiger partial charge in [-0.15, -0.1) is 5.10 Å². The molecule has 3 heterocycles. The maximum absolute atomic E-state index is 13.7. The molecule has 0 spiro atoms. The van der Waals surface area contributed by atoms with Crippen LogP contribution in [0.25, 0.3) is 0 Å². The molecule has 2 aliphatic heterocycles. The van der Waals surface area contributed by atoms with E-state index in [1.54, 1.807) is 10.9 Å². The first-order valence-corrected chi connectivity index (χ1v) is 13.5. The smallest absolute Gasteiger partial charge is 0.248 e. The van der Waals surface area contributed by atoms with Gasteiger partial charge in [-0.25, -0.2) is 4.68 Å². The van der Waals surface area contributed by atoms with Crippen molar-refractivity contribution in [3.8, 4) is 0 Å². The van der Waals surface area contributed by atoms with Gasteiger partial charge in [-0.1, -0.05) is 42.8 Å². The van der Waals surface area contributed by atoms with Crippen LogP contribution in [-0.2, 0) is 9.59 Å². The number of aliphatic hydroxyl groups is 1. The Hall–Kier alpha value is -2.53. The Morgan fingerprint density at radius 2 is 1.92 bits per heavy atom. The summed E-state index contributed by atoms with van der Waals surface area (Å²) in [5, 5.41) is 25.8. The summed E-state index contributed by atoms with van der Waals surface area (Å²) in [5.74, 6) is -0.571. The number of β-amino-alcohol motifs (C(OH)–C–C–N with tert-alkyl or cyclic N) is 1. The lowest BCUT2D eigenvalue weighted by atomic mass is 10.0. The van der Waals surface area contributed by atoms with Crippen molar-refractivity contribution in [1.82, 2.24) is 35.4 Å². The number of rotatable bonds is 9. The van der Waals surface area contributed by atoms with Crippen molar-refractivity contribution in [1.29, 1.82) is 0 Å². The summed E-state index contributed by atoms with van der Waals surface area (Å²) in [6.45, 7) is 10.5. The van der Waals surface area contributed by atoms with Crippen LogP contribution in [0.5, 0.6) is 0 Å². The number of carbonyl (C=O) groups is 2. The number of hydrogen-bond acceptors (Lipinski definition) is 7. The van der Waals surface area contributed by atoms with Gasteiger partial charge in [0.15, 0.2) is 0 Å². The summed E-state index contributed by atoms with van der Waals surface area (Å²) in [4.78, 5) is 31.2. The third-order valence-corrected chi connectivity index (χ3v) is 7.44. The molecule has 0 bridgehead atoms. The van der Waals surface area contributed by atoms with E-state index >= 15 is 0 Å². The van der Waals surface area contributed by atoms with Crippen LogP contribution < -0.4 is 10.6 Å². The average molecular weight is 532 g/mol. The van der Waals surface area contributed by atoms with Crippen LogP contribution in [0.15, 0.2) is 30.5 Å². The molecule has 4 rings (SSSR count). The van der Waals surface area contributed by atoms with E-state index in [0.29, 0.717) is 10.7 Å². The van der Waals surface area contributed by atoms with Crippen LogP contribution in [0.2, 0.25) is 5.02 Å². The molecule has 2 fully saturated rings. The molecule has 2 aliphatic rings. The Labute approximate surface area is 223 Å². The number of amides is 2. The van der Waals surface area contributed by atoms with Crippen molar-refractivity contribution in [2.45, 2.75) is 57.8 Å². The first-order valence-electron chi connectivity index (χ1n) is 13.1. The zero-order chi connectivity index (χ0) is 26.5. The lowest BCUT2D eigenvalue weighted by molar-refractivity contribution is -0.142. The largest absolute Gasteiger partial charge is 0.391 e. The van der Waals surface area contributed by atoms with E-state index in [4.69, 9.17) is 11.6 Å². The Kier molecular flexibility index (Phi) is 9.17.